The molecule has 2 aromatic rings. The van der Waals surface area contributed by atoms with E-state index < -0.39 is 0 Å². The quantitative estimate of drug-likeness (QED) is 0.910. The van der Waals surface area contributed by atoms with Crippen molar-refractivity contribution in [1.29, 1.82) is 0 Å². The predicted molar refractivity (Wildman–Crippen MR) is 75.1 cm³/mol. The van der Waals surface area contributed by atoms with Crippen molar-refractivity contribution >= 4 is 5.91 Å². The fourth-order valence-electron chi connectivity index (χ4n) is 2.03. The number of carbonyl (C=O) groups is 1. The third-order valence-corrected chi connectivity index (χ3v) is 3.05. The highest BCUT2D eigenvalue weighted by Gasteiger charge is 2.12. The van der Waals surface area contributed by atoms with Crippen molar-refractivity contribution in [2.75, 3.05) is 6.54 Å². The molecule has 1 amide bonds. The van der Waals surface area contributed by atoms with Crippen LogP contribution in [0.1, 0.15) is 28.7 Å². The van der Waals surface area contributed by atoms with Crippen LogP contribution in [0.2, 0.25) is 0 Å². The first-order valence-electron chi connectivity index (χ1n) is 6.67. The molecule has 0 atom stereocenters. The fourth-order valence-corrected chi connectivity index (χ4v) is 2.03. The zero-order valence-electron chi connectivity index (χ0n) is 11.7. The molecular formula is C15H18FN3O. The number of nitrogens with zero attached hydrogens (tertiary/aromatic N) is 2. The molecule has 5 heteroatoms. The highest BCUT2D eigenvalue weighted by molar-refractivity contribution is 5.92. The zero-order valence-corrected chi connectivity index (χ0v) is 11.7. The standard InChI is InChI=1S/C15H18FN3O/c1-3-19-14(10-11(2)18-19)15(20)17-9-8-12-4-6-13(16)7-5-12/h4-7,10H,3,8-9H2,1-2H3,(H,17,20). The van der Waals surface area contributed by atoms with Gasteiger partial charge < -0.3 is 5.32 Å². The Kier molecular flexibility index (Phi) is 4.50. The van der Waals surface area contributed by atoms with Gasteiger partial charge in [-0.15, -0.1) is 0 Å². The van der Waals surface area contributed by atoms with Crippen molar-refractivity contribution in [2.45, 2.75) is 26.8 Å². The highest BCUT2D eigenvalue weighted by Crippen LogP contribution is 2.05. The van der Waals surface area contributed by atoms with Crippen molar-refractivity contribution in [3.63, 3.8) is 0 Å². The van der Waals surface area contributed by atoms with Gasteiger partial charge in [-0.05, 0) is 44.0 Å². The molecule has 1 N–H and O–H groups in total. The topological polar surface area (TPSA) is 46.9 Å². The maximum absolute atomic E-state index is 12.8. The lowest BCUT2D eigenvalue weighted by Gasteiger charge is -2.06. The van der Waals surface area contributed by atoms with Crippen LogP contribution in [-0.4, -0.2) is 22.2 Å². The molecule has 0 saturated heterocycles. The highest BCUT2D eigenvalue weighted by atomic mass is 19.1. The Labute approximate surface area is 117 Å². The Morgan fingerprint density at radius 3 is 2.70 bits per heavy atom. The summed E-state index contributed by atoms with van der Waals surface area (Å²) in [5.41, 5.74) is 2.39. The smallest absolute Gasteiger partial charge is 0.269 e. The van der Waals surface area contributed by atoms with E-state index in [1.165, 1.54) is 12.1 Å². The molecule has 0 bridgehead atoms. The largest absolute Gasteiger partial charge is 0.350 e. The molecule has 0 spiro atoms. The maximum atomic E-state index is 12.8. The van der Waals surface area contributed by atoms with E-state index >= 15 is 0 Å². The number of benzene rings is 1. The summed E-state index contributed by atoms with van der Waals surface area (Å²) in [6, 6.07) is 8.07. The minimum atomic E-state index is -0.250. The monoisotopic (exact) mass is 275 g/mol. The van der Waals surface area contributed by atoms with Gasteiger partial charge in [-0.1, -0.05) is 12.1 Å². The van der Waals surface area contributed by atoms with Crippen molar-refractivity contribution in [1.82, 2.24) is 15.1 Å². The van der Waals surface area contributed by atoms with Crippen LogP contribution in [0.15, 0.2) is 30.3 Å². The van der Waals surface area contributed by atoms with E-state index in [4.69, 9.17) is 0 Å². The molecule has 1 aromatic carbocycles. The van der Waals surface area contributed by atoms with Gasteiger partial charge in [0, 0.05) is 13.1 Å². The summed E-state index contributed by atoms with van der Waals surface area (Å²) < 4.78 is 14.4. The van der Waals surface area contributed by atoms with Gasteiger partial charge >= 0.3 is 0 Å². The van der Waals surface area contributed by atoms with Crippen molar-refractivity contribution in [2.24, 2.45) is 0 Å². The summed E-state index contributed by atoms with van der Waals surface area (Å²) in [6.07, 6.45) is 0.672. The van der Waals surface area contributed by atoms with Crippen LogP contribution >= 0.6 is 0 Å². The summed E-state index contributed by atoms with van der Waals surface area (Å²) in [5, 5.41) is 7.10. The first kappa shape index (κ1) is 14.2. The third-order valence-electron chi connectivity index (χ3n) is 3.05. The van der Waals surface area contributed by atoms with Crippen LogP contribution in [0, 0.1) is 12.7 Å². The Morgan fingerprint density at radius 2 is 2.05 bits per heavy atom. The molecule has 1 aromatic heterocycles. The van der Waals surface area contributed by atoms with E-state index in [9.17, 15) is 9.18 Å². The van der Waals surface area contributed by atoms with E-state index in [0.717, 1.165) is 11.3 Å². The number of aryl methyl sites for hydroxylation is 2. The van der Waals surface area contributed by atoms with Crippen LogP contribution in [0.25, 0.3) is 0 Å². The number of halogens is 1. The summed E-state index contributed by atoms with van der Waals surface area (Å²) in [7, 11) is 0. The average molecular weight is 275 g/mol. The number of rotatable bonds is 5. The second kappa shape index (κ2) is 6.32. The number of hydrogen-bond acceptors (Lipinski definition) is 2. The number of hydrogen-bond donors (Lipinski definition) is 1. The molecular weight excluding hydrogens is 257 g/mol. The van der Waals surface area contributed by atoms with Gasteiger partial charge in [0.15, 0.2) is 0 Å². The summed E-state index contributed by atoms with van der Waals surface area (Å²) >= 11 is 0. The molecule has 0 fully saturated rings. The normalized spacial score (nSPS) is 10.6. The molecule has 4 nitrogen and oxygen atoms in total. The van der Waals surface area contributed by atoms with Crippen LogP contribution in [-0.2, 0) is 13.0 Å². The van der Waals surface area contributed by atoms with Crippen LogP contribution in [0.3, 0.4) is 0 Å². The molecule has 0 unspecified atom stereocenters. The van der Waals surface area contributed by atoms with Gasteiger partial charge in [-0.25, -0.2) is 4.39 Å². The average Bonchev–Trinajstić information content (AvgIpc) is 2.82. The minimum Gasteiger partial charge on any atom is -0.350 e. The second-order valence-electron chi connectivity index (χ2n) is 4.62. The van der Waals surface area contributed by atoms with Crippen LogP contribution < -0.4 is 5.32 Å². The Bertz CT molecular complexity index is 590. The van der Waals surface area contributed by atoms with Gasteiger partial charge in [-0.2, -0.15) is 5.10 Å². The molecule has 106 valence electrons. The van der Waals surface area contributed by atoms with Crippen molar-refractivity contribution in [3.05, 3.63) is 53.1 Å². The predicted octanol–water partition coefficient (Wildman–Crippen LogP) is 2.32. The fraction of sp³-hybridized carbons (Fsp3) is 0.333. The number of aromatic nitrogens is 2. The lowest BCUT2D eigenvalue weighted by molar-refractivity contribution is 0.0943. The number of amides is 1. The van der Waals surface area contributed by atoms with Gasteiger partial charge in [0.1, 0.15) is 11.5 Å². The molecule has 0 aliphatic carbocycles. The van der Waals surface area contributed by atoms with Crippen molar-refractivity contribution < 1.29 is 9.18 Å². The van der Waals surface area contributed by atoms with E-state index in [0.29, 0.717) is 25.2 Å². The summed E-state index contributed by atoms with van der Waals surface area (Å²) in [5.74, 6) is -0.380. The Hall–Kier alpha value is -2.17. The molecule has 1 heterocycles. The maximum Gasteiger partial charge on any atom is 0.269 e. The lowest BCUT2D eigenvalue weighted by Crippen LogP contribution is -2.28. The lowest BCUT2D eigenvalue weighted by atomic mass is 10.1. The van der Waals surface area contributed by atoms with Gasteiger partial charge in [0.2, 0.25) is 0 Å². The molecule has 0 radical (unpaired) electrons. The van der Waals surface area contributed by atoms with Crippen LogP contribution in [0.5, 0.6) is 0 Å². The molecule has 20 heavy (non-hydrogen) atoms. The SMILES string of the molecule is CCn1nc(C)cc1C(=O)NCCc1ccc(F)cc1. The molecule has 2 rings (SSSR count). The summed E-state index contributed by atoms with van der Waals surface area (Å²) in [4.78, 5) is 12.1. The molecule has 0 aliphatic rings. The number of nitrogens with one attached hydrogen (secondary N) is 1. The minimum absolute atomic E-state index is 0.130. The van der Waals surface area contributed by atoms with E-state index in [1.54, 1.807) is 22.9 Å². The van der Waals surface area contributed by atoms with E-state index in [2.05, 4.69) is 10.4 Å². The van der Waals surface area contributed by atoms with Gasteiger partial charge in [-0.3, -0.25) is 9.48 Å². The first-order valence-corrected chi connectivity index (χ1v) is 6.67. The van der Waals surface area contributed by atoms with Crippen molar-refractivity contribution in [3.8, 4) is 0 Å². The second-order valence-corrected chi connectivity index (χ2v) is 4.62. The Balaban J connectivity index is 1.90. The van der Waals surface area contributed by atoms with Gasteiger partial charge in [0.05, 0.1) is 5.69 Å². The molecule has 0 saturated carbocycles. The first-order chi connectivity index (χ1) is 9.60. The van der Waals surface area contributed by atoms with E-state index in [-0.39, 0.29) is 11.7 Å². The van der Waals surface area contributed by atoms with E-state index in [1.807, 2.05) is 13.8 Å². The third kappa shape index (κ3) is 3.44. The molecule has 0 aliphatic heterocycles. The van der Waals surface area contributed by atoms with Crippen LogP contribution in [0.4, 0.5) is 4.39 Å². The number of carbonyl (C=O) groups excluding carboxylic acids is 1. The Morgan fingerprint density at radius 1 is 1.35 bits per heavy atom. The van der Waals surface area contributed by atoms with Gasteiger partial charge in [0.25, 0.3) is 5.91 Å². The summed E-state index contributed by atoms with van der Waals surface area (Å²) in [6.45, 7) is 4.98. The zero-order chi connectivity index (χ0) is 14.5.